The zero-order valence-corrected chi connectivity index (χ0v) is 16.1. The van der Waals surface area contributed by atoms with Crippen molar-refractivity contribution in [1.82, 2.24) is 0 Å². The highest BCUT2D eigenvalue weighted by atomic mass is 31.1. The average Bonchev–Trinajstić information content (AvgIpc) is 3.07. The standard InChI is InChI=1S/C18H36P2/c1-5-15-9-10-16(6-2)19(15)13-14-20-17(7-3)11-12-18(20)8-4/h15-18H,5-14H2,1-4H3/t15-,16?,17-,18?,19?,20?/m1/s1. The van der Waals surface area contributed by atoms with Crippen LogP contribution in [0.25, 0.3) is 0 Å². The van der Waals surface area contributed by atoms with Crippen LogP contribution in [0.5, 0.6) is 0 Å². The molecule has 0 nitrogen and oxygen atoms in total. The molecule has 0 radical (unpaired) electrons. The largest absolute Gasteiger partial charge is 0.100 e. The predicted octanol–water partition coefficient (Wildman–Crippen LogP) is 6.65. The molecule has 6 atom stereocenters. The molecule has 0 amide bonds. The zero-order valence-electron chi connectivity index (χ0n) is 14.3. The fraction of sp³-hybridized carbons (Fsp3) is 1.00. The smallest absolute Gasteiger partial charge is 0.0209 e. The highest BCUT2D eigenvalue weighted by molar-refractivity contribution is 7.63. The summed E-state index contributed by atoms with van der Waals surface area (Å²) in [5.41, 5.74) is 4.53. The molecule has 0 spiro atoms. The van der Waals surface area contributed by atoms with Crippen molar-refractivity contribution in [3.63, 3.8) is 0 Å². The van der Waals surface area contributed by atoms with Crippen molar-refractivity contribution in [2.75, 3.05) is 12.3 Å². The Kier molecular flexibility index (Phi) is 7.30. The number of hydrogen-bond acceptors (Lipinski definition) is 0. The second-order valence-electron chi connectivity index (χ2n) is 6.88. The van der Waals surface area contributed by atoms with E-state index >= 15 is 0 Å². The number of hydrogen-bond donors (Lipinski definition) is 0. The lowest BCUT2D eigenvalue weighted by Crippen LogP contribution is -2.12. The van der Waals surface area contributed by atoms with Crippen molar-refractivity contribution in [1.29, 1.82) is 0 Å². The van der Waals surface area contributed by atoms with Gasteiger partial charge in [-0.25, -0.2) is 0 Å². The second-order valence-corrected chi connectivity index (χ2v) is 12.8. The third kappa shape index (κ3) is 3.79. The Morgan fingerprint density at radius 1 is 0.550 bits per heavy atom. The molecule has 2 aliphatic rings. The lowest BCUT2D eigenvalue weighted by atomic mass is 10.1. The highest BCUT2D eigenvalue weighted by Gasteiger charge is 2.37. The summed E-state index contributed by atoms with van der Waals surface area (Å²) in [5, 5.41) is 0. The summed E-state index contributed by atoms with van der Waals surface area (Å²) < 4.78 is 0. The van der Waals surface area contributed by atoms with Gasteiger partial charge in [0.2, 0.25) is 0 Å². The molecule has 0 aliphatic carbocycles. The maximum absolute atomic E-state index is 2.45. The molecule has 118 valence electrons. The van der Waals surface area contributed by atoms with Crippen molar-refractivity contribution < 1.29 is 0 Å². The summed E-state index contributed by atoms with van der Waals surface area (Å²) in [6, 6.07) is 0. The van der Waals surface area contributed by atoms with E-state index in [2.05, 4.69) is 27.7 Å². The molecule has 0 aromatic carbocycles. The summed E-state index contributed by atoms with van der Waals surface area (Å²) in [4.78, 5) is 0. The molecule has 0 saturated carbocycles. The molecular weight excluding hydrogens is 278 g/mol. The Hall–Kier alpha value is 0.860. The van der Waals surface area contributed by atoms with Gasteiger partial charge >= 0.3 is 0 Å². The van der Waals surface area contributed by atoms with Crippen LogP contribution < -0.4 is 0 Å². The fourth-order valence-electron chi connectivity index (χ4n) is 4.74. The maximum atomic E-state index is 2.45. The SMILES string of the molecule is CCC1CC[C@@H](CC)P1CCP1C(CC)CC[C@H]1CC. The topological polar surface area (TPSA) is 0 Å². The van der Waals surface area contributed by atoms with E-state index in [1.54, 1.807) is 38.0 Å². The minimum atomic E-state index is 0.380. The van der Waals surface area contributed by atoms with Crippen LogP contribution in [0.4, 0.5) is 0 Å². The zero-order chi connectivity index (χ0) is 14.5. The molecule has 2 rings (SSSR count). The first kappa shape index (κ1) is 17.2. The van der Waals surface area contributed by atoms with E-state index in [0.717, 1.165) is 22.6 Å². The van der Waals surface area contributed by atoms with Crippen LogP contribution in [-0.4, -0.2) is 35.0 Å². The van der Waals surface area contributed by atoms with Gasteiger partial charge in [-0.15, -0.1) is 15.8 Å². The van der Waals surface area contributed by atoms with Gasteiger partial charge in [0.1, 0.15) is 0 Å². The first-order valence-electron chi connectivity index (χ1n) is 9.26. The Morgan fingerprint density at radius 2 is 0.800 bits per heavy atom. The van der Waals surface area contributed by atoms with Crippen LogP contribution in [0.15, 0.2) is 0 Å². The van der Waals surface area contributed by atoms with Gasteiger partial charge in [-0.05, 0) is 86.3 Å². The molecule has 0 aromatic heterocycles. The number of rotatable bonds is 7. The Bertz CT molecular complexity index is 227. The molecule has 0 bridgehead atoms. The molecule has 4 unspecified atom stereocenters. The summed E-state index contributed by atoms with van der Waals surface area (Å²) in [7, 11) is 0.759. The highest BCUT2D eigenvalue weighted by Crippen LogP contribution is 2.63. The fourth-order valence-corrected chi connectivity index (χ4v) is 13.0. The van der Waals surface area contributed by atoms with Gasteiger partial charge in [-0.2, -0.15) is 0 Å². The summed E-state index contributed by atoms with van der Waals surface area (Å²) in [6.07, 6.45) is 15.4. The van der Waals surface area contributed by atoms with Crippen molar-refractivity contribution >= 4 is 15.8 Å². The van der Waals surface area contributed by atoms with E-state index < -0.39 is 0 Å². The average molecular weight is 314 g/mol. The lowest BCUT2D eigenvalue weighted by molar-refractivity contribution is 0.696. The lowest BCUT2D eigenvalue weighted by Gasteiger charge is -2.30. The van der Waals surface area contributed by atoms with Crippen LogP contribution in [0, 0.1) is 0 Å². The Balaban J connectivity index is 1.91. The molecule has 2 aliphatic heterocycles. The van der Waals surface area contributed by atoms with E-state index in [1.807, 2.05) is 0 Å². The molecular formula is C18H36P2. The summed E-state index contributed by atoms with van der Waals surface area (Å²) >= 11 is 0. The van der Waals surface area contributed by atoms with Gasteiger partial charge in [0.25, 0.3) is 0 Å². The minimum Gasteiger partial charge on any atom is -0.100 e. The van der Waals surface area contributed by atoms with Gasteiger partial charge < -0.3 is 0 Å². The van der Waals surface area contributed by atoms with Crippen molar-refractivity contribution in [3.8, 4) is 0 Å². The van der Waals surface area contributed by atoms with Gasteiger partial charge in [0.05, 0.1) is 0 Å². The van der Waals surface area contributed by atoms with Crippen LogP contribution in [0.2, 0.25) is 0 Å². The van der Waals surface area contributed by atoms with Crippen molar-refractivity contribution in [2.24, 2.45) is 0 Å². The summed E-state index contributed by atoms with van der Waals surface area (Å²) in [6.45, 7) is 9.79. The monoisotopic (exact) mass is 314 g/mol. The van der Waals surface area contributed by atoms with E-state index in [9.17, 15) is 0 Å². The van der Waals surface area contributed by atoms with Crippen molar-refractivity contribution in [3.05, 3.63) is 0 Å². The molecule has 2 heterocycles. The Morgan fingerprint density at radius 3 is 1.00 bits per heavy atom. The molecule has 2 saturated heterocycles. The molecule has 0 aromatic rings. The van der Waals surface area contributed by atoms with Crippen molar-refractivity contribution in [2.45, 2.75) is 102 Å². The third-order valence-electron chi connectivity index (χ3n) is 6.04. The van der Waals surface area contributed by atoms with E-state index in [1.165, 1.54) is 25.7 Å². The molecule has 0 N–H and O–H groups in total. The van der Waals surface area contributed by atoms with Crippen LogP contribution >= 0.6 is 15.8 Å². The quantitative estimate of drug-likeness (QED) is 0.461. The summed E-state index contributed by atoms with van der Waals surface area (Å²) in [5.74, 6) is 0. The van der Waals surface area contributed by atoms with Gasteiger partial charge in [0, 0.05) is 0 Å². The van der Waals surface area contributed by atoms with E-state index in [-0.39, 0.29) is 0 Å². The third-order valence-corrected chi connectivity index (χ3v) is 14.1. The van der Waals surface area contributed by atoms with Crippen LogP contribution in [0.3, 0.4) is 0 Å². The molecule has 2 heteroatoms. The maximum Gasteiger partial charge on any atom is -0.0209 e. The predicted molar refractivity (Wildman–Crippen MR) is 98.4 cm³/mol. The molecule has 20 heavy (non-hydrogen) atoms. The first-order valence-corrected chi connectivity index (χ1v) is 12.6. The van der Waals surface area contributed by atoms with Gasteiger partial charge in [-0.1, -0.05) is 27.7 Å². The normalized spacial score (nSPS) is 41.4. The molecule has 2 fully saturated rings. The van der Waals surface area contributed by atoms with Gasteiger partial charge in [0.15, 0.2) is 0 Å². The van der Waals surface area contributed by atoms with E-state index in [0.29, 0.717) is 15.8 Å². The van der Waals surface area contributed by atoms with E-state index in [4.69, 9.17) is 0 Å². The minimum absolute atomic E-state index is 0.380. The first-order chi connectivity index (χ1) is 9.74. The second kappa shape index (κ2) is 8.48. The van der Waals surface area contributed by atoms with Gasteiger partial charge in [-0.3, -0.25) is 0 Å². The van der Waals surface area contributed by atoms with Crippen LogP contribution in [0.1, 0.15) is 79.1 Å². The van der Waals surface area contributed by atoms with Crippen LogP contribution in [-0.2, 0) is 0 Å². The Labute approximate surface area is 130 Å².